The van der Waals surface area contributed by atoms with Crippen LogP contribution in [0.2, 0.25) is 0 Å². The Morgan fingerprint density at radius 2 is 2.28 bits per heavy atom. The van der Waals surface area contributed by atoms with Crippen molar-refractivity contribution in [3.8, 4) is 0 Å². The van der Waals surface area contributed by atoms with Crippen molar-refractivity contribution in [2.75, 3.05) is 25.9 Å². The molecule has 0 aromatic heterocycles. The third kappa shape index (κ3) is 3.85. The van der Waals surface area contributed by atoms with E-state index in [-0.39, 0.29) is 5.78 Å². The standard InChI is InChI=1S/C15H21NOS/c1-12(17)11-16(2)8-7-13-5-6-15-14(10-13)4-3-9-18-15/h5-6,10H,3-4,7-9,11H2,1-2H3. The van der Waals surface area contributed by atoms with E-state index in [4.69, 9.17) is 0 Å². The van der Waals surface area contributed by atoms with Crippen LogP contribution in [0.5, 0.6) is 0 Å². The van der Waals surface area contributed by atoms with Gasteiger partial charge >= 0.3 is 0 Å². The molecule has 98 valence electrons. The number of hydrogen-bond acceptors (Lipinski definition) is 3. The van der Waals surface area contributed by atoms with Gasteiger partial charge < -0.3 is 0 Å². The van der Waals surface area contributed by atoms with Gasteiger partial charge in [-0.3, -0.25) is 9.69 Å². The van der Waals surface area contributed by atoms with Crippen molar-refractivity contribution >= 4 is 17.5 Å². The van der Waals surface area contributed by atoms with Gasteiger partial charge in [0.05, 0.1) is 6.54 Å². The fraction of sp³-hybridized carbons (Fsp3) is 0.533. The predicted molar refractivity (Wildman–Crippen MR) is 77.4 cm³/mol. The summed E-state index contributed by atoms with van der Waals surface area (Å²) in [5, 5.41) is 0. The lowest BCUT2D eigenvalue weighted by atomic mass is 10.0. The van der Waals surface area contributed by atoms with Gasteiger partial charge in [-0.2, -0.15) is 0 Å². The molecule has 0 aliphatic carbocycles. The average molecular weight is 263 g/mol. The van der Waals surface area contributed by atoms with Crippen LogP contribution in [0, 0.1) is 0 Å². The van der Waals surface area contributed by atoms with Gasteiger partial charge in [-0.1, -0.05) is 12.1 Å². The van der Waals surface area contributed by atoms with Crippen molar-refractivity contribution in [2.24, 2.45) is 0 Å². The summed E-state index contributed by atoms with van der Waals surface area (Å²) in [5.41, 5.74) is 2.91. The molecule has 1 heterocycles. The van der Waals surface area contributed by atoms with Gasteiger partial charge in [0.15, 0.2) is 0 Å². The lowest BCUT2D eigenvalue weighted by Gasteiger charge is -2.18. The molecule has 0 atom stereocenters. The van der Waals surface area contributed by atoms with E-state index in [9.17, 15) is 4.79 Å². The van der Waals surface area contributed by atoms with Crippen LogP contribution in [0.4, 0.5) is 0 Å². The van der Waals surface area contributed by atoms with E-state index in [1.54, 1.807) is 6.92 Å². The summed E-state index contributed by atoms with van der Waals surface area (Å²) in [7, 11) is 2.01. The first kappa shape index (κ1) is 13.6. The Morgan fingerprint density at radius 3 is 3.06 bits per heavy atom. The van der Waals surface area contributed by atoms with Crippen LogP contribution < -0.4 is 0 Å². The number of likely N-dealkylation sites (N-methyl/N-ethyl adjacent to an activating group) is 1. The van der Waals surface area contributed by atoms with E-state index < -0.39 is 0 Å². The third-order valence-corrected chi connectivity index (χ3v) is 4.45. The molecule has 3 heteroatoms. The zero-order chi connectivity index (χ0) is 13.0. The number of nitrogens with zero attached hydrogens (tertiary/aromatic N) is 1. The predicted octanol–water partition coefficient (Wildman–Crippen LogP) is 2.79. The van der Waals surface area contributed by atoms with Crippen molar-refractivity contribution in [1.82, 2.24) is 4.90 Å². The summed E-state index contributed by atoms with van der Waals surface area (Å²) >= 11 is 1.98. The first-order valence-corrected chi connectivity index (χ1v) is 7.56. The topological polar surface area (TPSA) is 20.3 Å². The number of carbonyl (C=O) groups excluding carboxylic acids is 1. The Bertz CT molecular complexity index is 431. The minimum atomic E-state index is 0.236. The van der Waals surface area contributed by atoms with Crippen LogP contribution in [-0.2, 0) is 17.6 Å². The Labute approximate surface area is 114 Å². The second-order valence-corrected chi connectivity index (χ2v) is 6.22. The number of carbonyl (C=O) groups is 1. The van der Waals surface area contributed by atoms with E-state index in [0.29, 0.717) is 6.54 Å². The highest BCUT2D eigenvalue weighted by atomic mass is 32.2. The number of aryl methyl sites for hydroxylation is 1. The summed E-state index contributed by atoms with van der Waals surface area (Å²) in [6.45, 7) is 3.15. The molecule has 0 N–H and O–H groups in total. The summed E-state index contributed by atoms with van der Waals surface area (Å²) in [6, 6.07) is 6.85. The minimum Gasteiger partial charge on any atom is -0.299 e. The highest BCUT2D eigenvalue weighted by Crippen LogP contribution is 2.30. The second-order valence-electron chi connectivity index (χ2n) is 5.08. The largest absolute Gasteiger partial charge is 0.299 e. The van der Waals surface area contributed by atoms with E-state index in [0.717, 1.165) is 13.0 Å². The van der Waals surface area contributed by atoms with Crippen LogP contribution >= 0.6 is 11.8 Å². The Balaban J connectivity index is 1.91. The quantitative estimate of drug-likeness (QED) is 0.815. The molecule has 0 spiro atoms. The summed E-state index contributed by atoms with van der Waals surface area (Å²) in [5.74, 6) is 1.49. The van der Waals surface area contributed by atoms with Gasteiger partial charge in [-0.05, 0) is 56.2 Å². The van der Waals surface area contributed by atoms with Gasteiger partial charge in [-0.15, -0.1) is 11.8 Å². The number of Topliss-reactive ketones (excluding diaryl/α,β-unsaturated/α-hetero) is 1. The summed E-state index contributed by atoms with van der Waals surface area (Å²) in [6.07, 6.45) is 3.55. The van der Waals surface area contributed by atoms with Crippen LogP contribution in [-0.4, -0.2) is 36.6 Å². The van der Waals surface area contributed by atoms with Crippen molar-refractivity contribution in [3.63, 3.8) is 0 Å². The van der Waals surface area contributed by atoms with Crippen LogP contribution in [0.25, 0.3) is 0 Å². The Hall–Kier alpha value is -0.800. The van der Waals surface area contributed by atoms with E-state index in [2.05, 4.69) is 23.1 Å². The molecule has 1 aliphatic heterocycles. The molecule has 0 saturated heterocycles. The fourth-order valence-corrected chi connectivity index (χ4v) is 3.37. The fourth-order valence-electron chi connectivity index (χ4n) is 2.35. The van der Waals surface area contributed by atoms with Crippen LogP contribution in [0.3, 0.4) is 0 Å². The monoisotopic (exact) mass is 263 g/mol. The lowest BCUT2D eigenvalue weighted by Crippen LogP contribution is -2.26. The van der Waals surface area contributed by atoms with Gasteiger partial charge in [0.1, 0.15) is 5.78 Å². The molecule has 1 aromatic carbocycles. The molecule has 1 aliphatic rings. The Morgan fingerprint density at radius 1 is 1.44 bits per heavy atom. The zero-order valence-corrected chi connectivity index (χ0v) is 12.1. The van der Waals surface area contributed by atoms with Gasteiger partial charge in [0.25, 0.3) is 0 Å². The number of ketones is 1. The molecule has 2 rings (SSSR count). The highest BCUT2D eigenvalue weighted by Gasteiger charge is 2.10. The molecule has 0 bridgehead atoms. The molecular formula is C15H21NOS. The van der Waals surface area contributed by atoms with E-state index in [1.165, 1.54) is 34.6 Å². The average Bonchev–Trinajstić information content (AvgIpc) is 2.35. The first-order valence-electron chi connectivity index (χ1n) is 6.58. The zero-order valence-electron chi connectivity index (χ0n) is 11.2. The van der Waals surface area contributed by atoms with Gasteiger partial charge in [0.2, 0.25) is 0 Å². The lowest BCUT2D eigenvalue weighted by molar-refractivity contribution is -0.117. The molecular weight excluding hydrogens is 242 g/mol. The number of benzene rings is 1. The van der Waals surface area contributed by atoms with Crippen molar-refractivity contribution in [1.29, 1.82) is 0 Å². The summed E-state index contributed by atoms with van der Waals surface area (Å²) < 4.78 is 0. The maximum atomic E-state index is 11.0. The molecule has 0 radical (unpaired) electrons. The second kappa shape index (κ2) is 6.39. The van der Waals surface area contributed by atoms with Crippen molar-refractivity contribution in [3.05, 3.63) is 29.3 Å². The molecule has 0 unspecified atom stereocenters. The molecule has 0 amide bonds. The number of hydrogen-bond donors (Lipinski definition) is 0. The van der Waals surface area contributed by atoms with Crippen LogP contribution in [0.1, 0.15) is 24.5 Å². The van der Waals surface area contributed by atoms with E-state index in [1.807, 2.05) is 18.8 Å². The summed E-state index contributed by atoms with van der Waals surface area (Å²) in [4.78, 5) is 14.6. The molecule has 18 heavy (non-hydrogen) atoms. The third-order valence-electron chi connectivity index (χ3n) is 3.25. The Kier molecular flexibility index (Phi) is 4.84. The van der Waals surface area contributed by atoms with Crippen LogP contribution in [0.15, 0.2) is 23.1 Å². The SMILES string of the molecule is CC(=O)CN(C)CCc1ccc2c(c1)CCCS2. The molecule has 1 aromatic rings. The number of rotatable bonds is 5. The van der Waals surface area contributed by atoms with Crippen molar-refractivity contribution in [2.45, 2.75) is 31.1 Å². The first-order chi connectivity index (χ1) is 8.65. The van der Waals surface area contributed by atoms with E-state index >= 15 is 0 Å². The number of fused-ring (bicyclic) bond motifs is 1. The maximum absolute atomic E-state index is 11.0. The highest BCUT2D eigenvalue weighted by molar-refractivity contribution is 7.99. The molecule has 0 fully saturated rings. The molecule has 2 nitrogen and oxygen atoms in total. The maximum Gasteiger partial charge on any atom is 0.143 e. The smallest absolute Gasteiger partial charge is 0.143 e. The number of thioether (sulfide) groups is 1. The molecule has 0 saturated carbocycles. The normalized spacial score (nSPS) is 14.6. The van der Waals surface area contributed by atoms with Gasteiger partial charge in [0, 0.05) is 11.4 Å². The van der Waals surface area contributed by atoms with Gasteiger partial charge in [-0.25, -0.2) is 0 Å². The van der Waals surface area contributed by atoms with Crippen molar-refractivity contribution < 1.29 is 4.79 Å². The minimum absolute atomic E-state index is 0.236.